The SMILES string of the molecule is Nc1cccc(COC2CCOC2)c1Br. The van der Waals surface area contributed by atoms with E-state index in [1.54, 1.807) is 0 Å². The van der Waals surface area contributed by atoms with Gasteiger partial charge in [0, 0.05) is 16.8 Å². The molecule has 0 spiro atoms. The summed E-state index contributed by atoms with van der Waals surface area (Å²) in [7, 11) is 0. The molecule has 1 unspecified atom stereocenters. The molecule has 1 fully saturated rings. The number of rotatable bonds is 3. The van der Waals surface area contributed by atoms with Crippen LogP contribution in [0.25, 0.3) is 0 Å². The van der Waals surface area contributed by atoms with Gasteiger partial charge in [-0.3, -0.25) is 0 Å². The van der Waals surface area contributed by atoms with Crippen LogP contribution >= 0.6 is 15.9 Å². The first-order chi connectivity index (χ1) is 7.27. The first kappa shape index (κ1) is 10.9. The van der Waals surface area contributed by atoms with Crippen LogP contribution in [0, 0.1) is 0 Å². The van der Waals surface area contributed by atoms with Crippen molar-refractivity contribution in [1.29, 1.82) is 0 Å². The van der Waals surface area contributed by atoms with Crippen LogP contribution in [0.5, 0.6) is 0 Å². The monoisotopic (exact) mass is 271 g/mol. The average molecular weight is 272 g/mol. The summed E-state index contributed by atoms with van der Waals surface area (Å²) in [5.74, 6) is 0. The lowest BCUT2D eigenvalue weighted by Crippen LogP contribution is -2.12. The fraction of sp³-hybridized carbons (Fsp3) is 0.455. The second-order valence-corrected chi connectivity index (χ2v) is 4.41. The van der Waals surface area contributed by atoms with Gasteiger partial charge in [0.25, 0.3) is 0 Å². The van der Waals surface area contributed by atoms with E-state index in [1.165, 1.54) is 0 Å². The van der Waals surface area contributed by atoms with E-state index in [2.05, 4.69) is 15.9 Å². The molecule has 1 aromatic rings. The molecule has 0 aliphatic carbocycles. The molecular weight excluding hydrogens is 258 g/mol. The van der Waals surface area contributed by atoms with Gasteiger partial charge in [0.2, 0.25) is 0 Å². The summed E-state index contributed by atoms with van der Waals surface area (Å²) < 4.78 is 11.9. The molecule has 1 heterocycles. The summed E-state index contributed by atoms with van der Waals surface area (Å²) in [4.78, 5) is 0. The molecule has 0 saturated carbocycles. The van der Waals surface area contributed by atoms with Gasteiger partial charge in [-0.2, -0.15) is 0 Å². The van der Waals surface area contributed by atoms with E-state index >= 15 is 0 Å². The lowest BCUT2D eigenvalue weighted by atomic mass is 10.2. The van der Waals surface area contributed by atoms with Gasteiger partial charge in [-0.25, -0.2) is 0 Å². The normalized spacial score (nSPS) is 20.7. The number of benzene rings is 1. The van der Waals surface area contributed by atoms with Crippen molar-refractivity contribution in [1.82, 2.24) is 0 Å². The summed E-state index contributed by atoms with van der Waals surface area (Å²) in [6.45, 7) is 2.10. The Morgan fingerprint density at radius 3 is 3.13 bits per heavy atom. The van der Waals surface area contributed by atoms with Gasteiger partial charge in [0.05, 0.1) is 19.3 Å². The number of anilines is 1. The number of nitrogens with two attached hydrogens (primary N) is 1. The van der Waals surface area contributed by atoms with Crippen LogP contribution in [0.2, 0.25) is 0 Å². The third kappa shape index (κ3) is 2.71. The molecular formula is C11H14BrNO2. The maximum Gasteiger partial charge on any atom is 0.0835 e. The number of halogens is 1. The van der Waals surface area contributed by atoms with Crippen LogP contribution in [-0.4, -0.2) is 19.3 Å². The Morgan fingerprint density at radius 2 is 2.40 bits per heavy atom. The Labute approximate surface area is 97.7 Å². The Morgan fingerprint density at radius 1 is 1.53 bits per heavy atom. The lowest BCUT2D eigenvalue weighted by molar-refractivity contribution is 0.0315. The maximum atomic E-state index is 5.78. The summed E-state index contributed by atoms with van der Waals surface area (Å²) in [5, 5.41) is 0. The molecule has 1 aliphatic rings. The molecule has 0 amide bonds. The van der Waals surface area contributed by atoms with Crippen LogP contribution < -0.4 is 5.73 Å². The minimum atomic E-state index is 0.235. The van der Waals surface area contributed by atoms with Crippen molar-refractivity contribution in [2.75, 3.05) is 18.9 Å². The maximum absolute atomic E-state index is 5.78. The molecule has 82 valence electrons. The molecule has 1 aliphatic heterocycles. The highest BCUT2D eigenvalue weighted by molar-refractivity contribution is 9.10. The molecule has 15 heavy (non-hydrogen) atoms. The molecule has 2 rings (SSSR count). The van der Waals surface area contributed by atoms with E-state index in [1.807, 2.05) is 18.2 Å². The van der Waals surface area contributed by atoms with E-state index in [4.69, 9.17) is 15.2 Å². The Kier molecular flexibility index (Phi) is 3.61. The third-order valence-corrected chi connectivity index (χ3v) is 3.44. The van der Waals surface area contributed by atoms with E-state index in [-0.39, 0.29) is 6.10 Å². The van der Waals surface area contributed by atoms with E-state index < -0.39 is 0 Å². The number of ether oxygens (including phenoxy) is 2. The molecule has 0 bridgehead atoms. The van der Waals surface area contributed by atoms with Crippen molar-refractivity contribution < 1.29 is 9.47 Å². The standard InChI is InChI=1S/C11H14BrNO2/c12-11-8(2-1-3-10(11)13)6-15-9-4-5-14-7-9/h1-3,9H,4-7,13H2. The van der Waals surface area contributed by atoms with Crippen molar-refractivity contribution in [2.45, 2.75) is 19.1 Å². The minimum Gasteiger partial charge on any atom is -0.398 e. The first-order valence-corrected chi connectivity index (χ1v) is 5.79. The van der Waals surface area contributed by atoms with E-state index in [9.17, 15) is 0 Å². The van der Waals surface area contributed by atoms with Crippen molar-refractivity contribution in [3.63, 3.8) is 0 Å². The van der Waals surface area contributed by atoms with Crippen molar-refractivity contribution in [3.8, 4) is 0 Å². The van der Waals surface area contributed by atoms with Crippen LogP contribution in [0.3, 0.4) is 0 Å². The molecule has 2 N–H and O–H groups in total. The summed E-state index contributed by atoms with van der Waals surface area (Å²) >= 11 is 3.45. The van der Waals surface area contributed by atoms with Gasteiger partial charge in [0.1, 0.15) is 0 Å². The second kappa shape index (κ2) is 4.96. The second-order valence-electron chi connectivity index (χ2n) is 3.62. The predicted molar refractivity (Wildman–Crippen MR) is 62.6 cm³/mol. The van der Waals surface area contributed by atoms with Crippen LogP contribution in [0.15, 0.2) is 22.7 Å². The quantitative estimate of drug-likeness (QED) is 0.859. The van der Waals surface area contributed by atoms with Gasteiger partial charge in [0.15, 0.2) is 0 Å². The summed E-state index contributed by atoms with van der Waals surface area (Å²) in [5.41, 5.74) is 7.61. The van der Waals surface area contributed by atoms with Gasteiger partial charge in [-0.15, -0.1) is 0 Å². The van der Waals surface area contributed by atoms with Crippen molar-refractivity contribution in [2.24, 2.45) is 0 Å². The van der Waals surface area contributed by atoms with Crippen molar-refractivity contribution >= 4 is 21.6 Å². The number of hydrogen-bond donors (Lipinski definition) is 1. The fourth-order valence-corrected chi connectivity index (χ4v) is 1.94. The molecule has 4 heteroatoms. The Balaban J connectivity index is 1.95. The molecule has 0 aromatic heterocycles. The number of hydrogen-bond acceptors (Lipinski definition) is 3. The minimum absolute atomic E-state index is 0.235. The zero-order valence-electron chi connectivity index (χ0n) is 8.41. The van der Waals surface area contributed by atoms with Crippen LogP contribution in [0.4, 0.5) is 5.69 Å². The summed E-state index contributed by atoms with van der Waals surface area (Å²) in [6, 6.07) is 5.81. The molecule has 1 saturated heterocycles. The average Bonchev–Trinajstić information content (AvgIpc) is 2.73. The van der Waals surface area contributed by atoms with Crippen LogP contribution in [0.1, 0.15) is 12.0 Å². The van der Waals surface area contributed by atoms with E-state index in [0.29, 0.717) is 13.2 Å². The Bertz CT molecular complexity index is 337. The molecule has 3 nitrogen and oxygen atoms in total. The zero-order valence-corrected chi connectivity index (χ0v) is 10.00. The number of nitrogen functional groups attached to an aromatic ring is 1. The first-order valence-electron chi connectivity index (χ1n) is 4.99. The van der Waals surface area contributed by atoms with E-state index in [0.717, 1.165) is 28.8 Å². The molecule has 0 radical (unpaired) electrons. The lowest BCUT2D eigenvalue weighted by Gasteiger charge is -2.11. The van der Waals surface area contributed by atoms with Gasteiger partial charge < -0.3 is 15.2 Å². The zero-order chi connectivity index (χ0) is 10.7. The fourth-order valence-electron chi connectivity index (χ4n) is 1.56. The largest absolute Gasteiger partial charge is 0.398 e. The van der Waals surface area contributed by atoms with Crippen molar-refractivity contribution in [3.05, 3.63) is 28.2 Å². The third-order valence-electron chi connectivity index (χ3n) is 2.47. The molecule has 1 aromatic carbocycles. The molecule has 1 atom stereocenters. The van der Waals surface area contributed by atoms with Gasteiger partial charge in [-0.1, -0.05) is 12.1 Å². The highest BCUT2D eigenvalue weighted by Crippen LogP contribution is 2.25. The smallest absolute Gasteiger partial charge is 0.0835 e. The van der Waals surface area contributed by atoms with Gasteiger partial charge >= 0.3 is 0 Å². The van der Waals surface area contributed by atoms with Crippen LogP contribution in [-0.2, 0) is 16.1 Å². The predicted octanol–water partition coefficient (Wildman–Crippen LogP) is 2.34. The highest BCUT2D eigenvalue weighted by Gasteiger charge is 2.16. The van der Waals surface area contributed by atoms with Gasteiger partial charge in [-0.05, 0) is 34.0 Å². The topological polar surface area (TPSA) is 44.5 Å². The summed E-state index contributed by atoms with van der Waals surface area (Å²) in [6.07, 6.45) is 1.22. The Hall–Kier alpha value is -0.580. The highest BCUT2D eigenvalue weighted by atomic mass is 79.9.